The maximum atomic E-state index is 13.8. The van der Waals surface area contributed by atoms with Gasteiger partial charge in [0.25, 0.3) is 19.3 Å². The van der Waals surface area contributed by atoms with Crippen LogP contribution in [0.3, 0.4) is 0 Å². The van der Waals surface area contributed by atoms with E-state index in [2.05, 4.69) is 76.8 Å². The smallest absolute Gasteiger partial charge is 0.280 e. The molecule has 0 radical (unpaired) electrons. The fourth-order valence-corrected chi connectivity index (χ4v) is 10.3. The average molecular weight is 929 g/mol. The van der Waals surface area contributed by atoms with Crippen molar-refractivity contribution in [3.63, 3.8) is 0 Å². The van der Waals surface area contributed by atoms with Gasteiger partial charge >= 0.3 is 0 Å². The Hall–Kier alpha value is -5.73. The number of imidazole rings is 1. The lowest BCUT2D eigenvalue weighted by molar-refractivity contribution is -0.245. The number of aliphatic hydroxyl groups is 1. The number of anilines is 3. The monoisotopic (exact) mass is 928 g/mol. The first-order valence-electron chi connectivity index (χ1n) is 21.5. The number of phosphoric ester groups is 1. The van der Waals surface area contributed by atoms with E-state index in [1.807, 2.05) is 52.5 Å². The first-order valence-corrected chi connectivity index (χ1v) is 23.8. The number of ether oxygens (including phenoxy) is 1. The number of hydrogen-bond acceptors (Lipinski definition) is 15. The minimum Gasteiger partial charge on any atom is -0.756 e. The number of fused-ring (bicyclic) bond motifs is 4. The van der Waals surface area contributed by atoms with Crippen LogP contribution in [0.4, 0.5) is 17.6 Å². The highest BCUT2D eigenvalue weighted by atomic mass is 32.1. The van der Waals surface area contributed by atoms with Gasteiger partial charge in [-0.25, -0.2) is 9.56 Å². The SMILES string of the molecule is CN(C)c1ccc2c(-c3ccccc3C(=O)NCCCC(=O)NCCCCCCNc3nc4c(=O)[nH]c(N)nc4n3[C@@H]3O[C@@H]4COP(=O)([O-])O[C@H]4[C@H]3O)c3ccc(=[N+](C)C)cc-3sc2c1. The number of aliphatic hydroxyl groups excluding tert-OH is 1. The van der Waals surface area contributed by atoms with Gasteiger partial charge in [-0.1, -0.05) is 37.1 Å². The summed E-state index contributed by atoms with van der Waals surface area (Å²) >= 11 is 1.74. The van der Waals surface area contributed by atoms with Gasteiger partial charge in [0.15, 0.2) is 17.4 Å². The summed E-state index contributed by atoms with van der Waals surface area (Å²) in [5.74, 6) is -0.295. The Labute approximate surface area is 378 Å². The lowest BCUT2D eigenvalue weighted by Gasteiger charge is -2.34. The van der Waals surface area contributed by atoms with Crippen molar-refractivity contribution in [3.05, 3.63) is 81.9 Å². The number of rotatable bonds is 16. The molecule has 21 heteroatoms. The van der Waals surface area contributed by atoms with Gasteiger partial charge in [0.05, 0.1) is 6.61 Å². The number of aromatic nitrogens is 4. The van der Waals surface area contributed by atoms with Crippen LogP contribution in [0.15, 0.2) is 65.5 Å². The van der Waals surface area contributed by atoms with Crippen molar-refractivity contribution in [1.29, 1.82) is 0 Å². The predicted octanol–water partition coefficient (Wildman–Crippen LogP) is 3.23. The van der Waals surface area contributed by atoms with E-state index in [-0.39, 0.29) is 47.9 Å². The molecule has 1 aliphatic carbocycles. The Morgan fingerprint density at radius 2 is 1.78 bits per heavy atom. The summed E-state index contributed by atoms with van der Waals surface area (Å²) in [4.78, 5) is 65.3. The maximum absolute atomic E-state index is 13.8. The van der Waals surface area contributed by atoms with E-state index < -0.39 is 37.9 Å². The van der Waals surface area contributed by atoms with E-state index in [0.717, 1.165) is 62.0 Å². The summed E-state index contributed by atoms with van der Waals surface area (Å²) in [5, 5.41) is 22.4. The number of nitrogens with one attached hydrogen (secondary N) is 4. The van der Waals surface area contributed by atoms with Gasteiger partial charge in [0, 0.05) is 84.1 Å². The molecule has 7 N–H and O–H groups in total. The molecule has 0 saturated carbocycles. The van der Waals surface area contributed by atoms with Crippen molar-refractivity contribution in [2.24, 2.45) is 0 Å². The second-order valence-corrected chi connectivity index (χ2v) is 19.0. The first kappa shape index (κ1) is 45.8. The van der Waals surface area contributed by atoms with E-state index in [0.29, 0.717) is 38.0 Å². The molecule has 4 aromatic rings. The molecule has 2 amide bonds. The van der Waals surface area contributed by atoms with E-state index in [1.165, 1.54) is 4.57 Å². The normalized spacial score (nSPS) is 20.5. The molecule has 5 atom stereocenters. The molecule has 4 aliphatic rings. The summed E-state index contributed by atoms with van der Waals surface area (Å²) < 4.78 is 32.2. The van der Waals surface area contributed by atoms with Crippen molar-refractivity contribution in [2.45, 2.75) is 63.1 Å². The molecule has 8 rings (SSSR count). The van der Waals surface area contributed by atoms with Crippen molar-refractivity contribution in [3.8, 4) is 21.6 Å². The fourth-order valence-electron chi connectivity index (χ4n) is 8.19. The van der Waals surface area contributed by atoms with E-state index in [1.54, 1.807) is 11.3 Å². The topological polar surface area (TPSA) is 254 Å². The lowest BCUT2D eigenvalue weighted by Crippen LogP contribution is -2.41. The Kier molecular flexibility index (Phi) is 13.7. The molecule has 19 nitrogen and oxygen atoms in total. The van der Waals surface area contributed by atoms with Crippen LogP contribution in [0.5, 0.6) is 0 Å². The van der Waals surface area contributed by atoms with Crippen molar-refractivity contribution >= 4 is 69.8 Å². The lowest BCUT2D eigenvalue weighted by atomic mass is 9.91. The third-order valence-electron chi connectivity index (χ3n) is 11.5. The molecule has 5 heterocycles. The molecule has 344 valence electrons. The number of nitrogen functional groups attached to an aromatic ring is 1. The summed E-state index contributed by atoms with van der Waals surface area (Å²) in [6.07, 6.45) is -0.952. The quantitative estimate of drug-likeness (QED) is 0.0353. The maximum Gasteiger partial charge on any atom is 0.280 e. The molecule has 65 heavy (non-hydrogen) atoms. The number of benzene rings is 3. The zero-order valence-electron chi connectivity index (χ0n) is 36.5. The Balaban J connectivity index is 0.806. The van der Waals surface area contributed by atoms with Gasteiger partial charge < -0.3 is 50.4 Å². The van der Waals surface area contributed by atoms with Crippen molar-refractivity contribution in [1.82, 2.24) is 34.7 Å². The van der Waals surface area contributed by atoms with Crippen LogP contribution in [-0.4, -0.2) is 109 Å². The molecule has 0 spiro atoms. The highest BCUT2D eigenvalue weighted by Gasteiger charge is 2.51. The number of hydrogen-bond donors (Lipinski definition) is 6. The summed E-state index contributed by atoms with van der Waals surface area (Å²) in [5.41, 5.74) is 9.80. The third kappa shape index (κ3) is 9.94. The fraction of sp³-hybridized carbons (Fsp3) is 0.409. The number of aromatic amines is 1. The summed E-state index contributed by atoms with van der Waals surface area (Å²) in [6, 6.07) is 20.5. The zero-order chi connectivity index (χ0) is 46.0. The van der Waals surface area contributed by atoms with Crippen molar-refractivity contribution < 1.29 is 37.9 Å². The van der Waals surface area contributed by atoms with Crippen LogP contribution < -0.4 is 47.0 Å². The second-order valence-electron chi connectivity index (χ2n) is 16.5. The van der Waals surface area contributed by atoms with E-state index in [9.17, 15) is 28.9 Å². The van der Waals surface area contributed by atoms with Gasteiger partial charge in [-0.15, -0.1) is 11.3 Å². The van der Waals surface area contributed by atoms with Gasteiger partial charge in [-0.2, -0.15) is 4.98 Å². The minimum atomic E-state index is -4.62. The molecular weight excluding hydrogens is 876 g/mol. The summed E-state index contributed by atoms with van der Waals surface area (Å²) in [7, 11) is 3.48. The number of nitrogens with two attached hydrogens (primary N) is 1. The Morgan fingerprint density at radius 1 is 1.02 bits per heavy atom. The number of phosphoric acid groups is 1. The van der Waals surface area contributed by atoms with Gasteiger partial charge in [-0.05, 0) is 54.7 Å². The number of unbranched alkanes of at least 4 members (excludes halogenated alkanes) is 3. The standard InChI is InChI=1S/C44H53N10O9PS/c1-52(2)25-15-17-29-32(22-25)65-33-23-26(53(3)4)16-18-30(33)35(29)27-12-7-8-13-28(27)40(57)47-21-11-14-34(55)46-19-9-5-6-10-20-48-44-49-36-39(50-43(45)51-41(36)58)54(44)42-37(56)38-31(62-42)24-61-64(59,60)63-38/h7-8,12-13,15-18,22-23,31,37-38,42,47,56H,5-6,9-11,14,19-21,24H2,1-4H3,(H5,45,46,51,55,57,58,59,60)/t31-,37-,38-,42-/m1/s1. The average Bonchev–Trinajstić information content (AvgIpc) is 3.79. The largest absolute Gasteiger partial charge is 0.756 e. The van der Waals surface area contributed by atoms with Crippen LogP contribution in [0.1, 0.15) is 55.1 Å². The molecule has 1 unspecified atom stereocenters. The zero-order valence-corrected chi connectivity index (χ0v) is 38.2. The molecular formula is C44H53N10O9PS. The van der Waals surface area contributed by atoms with E-state index in [4.69, 9.17) is 19.5 Å². The molecule has 2 fully saturated rings. The summed E-state index contributed by atoms with van der Waals surface area (Å²) in [6.45, 7) is 0.929. The Morgan fingerprint density at radius 3 is 2.57 bits per heavy atom. The minimum absolute atomic E-state index is 0.0372. The highest BCUT2D eigenvalue weighted by Crippen LogP contribution is 2.50. The second kappa shape index (κ2) is 19.4. The predicted molar refractivity (Wildman–Crippen MR) is 248 cm³/mol. The number of nitrogens with zero attached hydrogens (tertiary/aromatic N) is 5. The molecule has 3 aliphatic heterocycles. The number of H-pyrrole nitrogens is 1. The van der Waals surface area contributed by atoms with Crippen LogP contribution >= 0.6 is 19.2 Å². The molecule has 0 bridgehead atoms. The third-order valence-corrected chi connectivity index (χ3v) is 13.6. The number of amides is 2. The Bertz CT molecular complexity index is 2900. The van der Waals surface area contributed by atoms with Gasteiger partial charge in [0.2, 0.25) is 23.2 Å². The molecule has 2 aromatic carbocycles. The first-order chi connectivity index (χ1) is 31.2. The molecule has 2 saturated heterocycles. The van der Waals surface area contributed by atoms with Crippen LogP contribution in [0, 0.1) is 0 Å². The number of carbonyl (C=O) groups excluding carboxylic acids is 2. The van der Waals surface area contributed by atoms with Gasteiger partial charge in [0.1, 0.15) is 32.4 Å². The number of carbonyl (C=O) groups is 2. The van der Waals surface area contributed by atoms with Crippen LogP contribution in [0.25, 0.3) is 42.8 Å². The van der Waals surface area contributed by atoms with Gasteiger partial charge in [-0.3, -0.25) is 28.5 Å². The van der Waals surface area contributed by atoms with Crippen LogP contribution in [-0.2, 0) is 23.1 Å². The van der Waals surface area contributed by atoms with Crippen LogP contribution in [0.2, 0.25) is 0 Å². The van der Waals surface area contributed by atoms with E-state index >= 15 is 0 Å². The molecule has 2 aromatic heterocycles. The van der Waals surface area contributed by atoms with Crippen molar-refractivity contribution in [2.75, 3.05) is 70.4 Å². The highest BCUT2D eigenvalue weighted by molar-refractivity contribution is 7.46.